The summed E-state index contributed by atoms with van der Waals surface area (Å²) in [6.07, 6.45) is 1.74. The van der Waals surface area contributed by atoms with Gasteiger partial charge in [-0.2, -0.15) is 0 Å². The first-order chi connectivity index (χ1) is 12.1. The topological polar surface area (TPSA) is 87.8 Å². The molecular formula is C19H18N4O2. The van der Waals surface area contributed by atoms with Gasteiger partial charge in [0.2, 0.25) is 5.91 Å². The Labute approximate surface area is 145 Å². The van der Waals surface area contributed by atoms with Crippen LogP contribution >= 0.6 is 0 Å². The van der Waals surface area contributed by atoms with Gasteiger partial charge in [0, 0.05) is 0 Å². The molecular weight excluding hydrogens is 316 g/mol. The highest BCUT2D eigenvalue weighted by molar-refractivity contribution is 6.29. The minimum Gasteiger partial charge on any atom is -0.323 e. The van der Waals surface area contributed by atoms with E-state index in [1.165, 1.54) is 4.90 Å². The van der Waals surface area contributed by atoms with Crippen LogP contribution in [0.1, 0.15) is 12.5 Å². The van der Waals surface area contributed by atoms with Crippen LogP contribution in [-0.2, 0) is 9.59 Å². The molecule has 0 atom stereocenters. The summed E-state index contributed by atoms with van der Waals surface area (Å²) < 4.78 is 0. The van der Waals surface area contributed by atoms with E-state index in [0.717, 1.165) is 5.56 Å². The van der Waals surface area contributed by atoms with Crippen molar-refractivity contribution < 1.29 is 9.59 Å². The van der Waals surface area contributed by atoms with Crippen molar-refractivity contribution in [3.8, 4) is 0 Å². The second-order valence-electron chi connectivity index (χ2n) is 5.51. The third kappa shape index (κ3) is 3.49. The smallest absolute Gasteiger partial charge is 0.282 e. The van der Waals surface area contributed by atoms with E-state index in [0.29, 0.717) is 22.9 Å². The van der Waals surface area contributed by atoms with Gasteiger partial charge in [-0.15, -0.1) is 0 Å². The number of carbonyl (C=O) groups excluding carboxylic acids is 2. The fourth-order valence-corrected chi connectivity index (χ4v) is 2.59. The molecule has 0 unspecified atom stereocenters. The van der Waals surface area contributed by atoms with Crippen molar-refractivity contribution in [3.05, 3.63) is 65.9 Å². The Morgan fingerprint density at radius 2 is 1.84 bits per heavy atom. The third-order valence-electron chi connectivity index (χ3n) is 3.74. The van der Waals surface area contributed by atoms with Crippen LogP contribution in [0.2, 0.25) is 0 Å². The Bertz CT molecular complexity index is 872. The lowest BCUT2D eigenvalue weighted by Crippen LogP contribution is -2.32. The SMILES string of the molecule is CC1=N/C(=C\c2ccccc2)C(=O)N1c1ccccc1NC(=O)CN. The Balaban J connectivity index is 1.95. The van der Waals surface area contributed by atoms with Gasteiger partial charge in [0.05, 0.1) is 17.9 Å². The fourth-order valence-electron chi connectivity index (χ4n) is 2.59. The third-order valence-corrected chi connectivity index (χ3v) is 3.74. The lowest BCUT2D eigenvalue weighted by molar-refractivity contribution is -0.115. The number of anilines is 2. The summed E-state index contributed by atoms with van der Waals surface area (Å²) in [5, 5.41) is 2.71. The maximum atomic E-state index is 12.8. The average Bonchev–Trinajstić information content (AvgIpc) is 2.90. The maximum Gasteiger partial charge on any atom is 0.282 e. The zero-order valence-electron chi connectivity index (χ0n) is 13.8. The summed E-state index contributed by atoms with van der Waals surface area (Å²) in [6.45, 7) is 1.62. The van der Waals surface area contributed by atoms with Crippen molar-refractivity contribution in [2.24, 2.45) is 10.7 Å². The van der Waals surface area contributed by atoms with Crippen molar-refractivity contribution >= 4 is 35.1 Å². The van der Waals surface area contributed by atoms with Gasteiger partial charge in [-0.25, -0.2) is 4.99 Å². The first-order valence-corrected chi connectivity index (χ1v) is 7.85. The van der Waals surface area contributed by atoms with Gasteiger partial charge in [-0.05, 0) is 30.7 Å². The number of carbonyl (C=O) groups is 2. The molecule has 0 fully saturated rings. The molecule has 2 aromatic carbocycles. The van der Waals surface area contributed by atoms with Crippen LogP contribution in [0.25, 0.3) is 6.08 Å². The van der Waals surface area contributed by atoms with Gasteiger partial charge in [-0.3, -0.25) is 14.5 Å². The number of nitrogens with zero attached hydrogens (tertiary/aromatic N) is 2. The van der Waals surface area contributed by atoms with Crippen LogP contribution in [0.5, 0.6) is 0 Å². The van der Waals surface area contributed by atoms with Crippen LogP contribution in [0.15, 0.2) is 65.3 Å². The minimum atomic E-state index is -0.325. The summed E-state index contributed by atoms with van der Waals surface area (Å²) in [5.41, 5.74) is 7.69. The van der Waals surface area contributed by atoms with Crippen LogP contribution in [0.3, 0.4) is 0 Å². The summed E-state index contributed by atoms with van der Waals surface area (Å²) in [6, 6.07) is 16.6. The molecule has 0 saturated heterocycles. The molecule has 0 radical (unpaired) electrons. The Morgan fingerprint density at radius 1 is 1.16 bits per heavy atom. The largest absolute Gasteiger partial charge is 0.323 e. The molecule has 3 N–H and O–H groups in total. The molecule has 6 heteroatoms. The molecule has 3 rings (SSSR count). The zero-order valence-corrected chi connectivity index (χ0v) is 13.8. The molecule has 0 bridgehead atoms. The lowest BCUT2D eigenvalue weighted by atomic mass is 10.2. The second-order valence-corrected chi connectivity index (χ2v) is 5.51. The Kier molecular flexibility index (Phi) is 4.72. The number of nitrogens with two attached hydrogens (primary N) is 1. The molecule has 0 aliphatic carbocycles. The molecule has 0 spiro atoms. The van der Waals surface area contributed by atoms with Crippen LogP contribution in [0, 0.1) is 0 Å². The zero-order chi connectivity index (χ0) is 17.8. The van der Waals surface area contributed by atoms with Gasteiger partial charge < -0.3 is 11.1 Å². The standard InChI is InChI=1S/C19H18N4O2/c1-13-21-16(11-14-7-3-2-4-8-14)19(25)23(13)17-10-6-5-9-15(17)22-18(24)12-20/h2-11H,12,20H2,1H3,(H,22,24)/b16-11-. The van der Waals surface area contributed by atoms with Crippen molar-refractivity contribution in [2.75, 3.05) is 16.8 Å². The van der Waals surface area contributed by atoms with Gasteiger partial charge >= 0.3 is 0 Å². The highest BCUT2D eigenvalue weighted by Crippen LogP contribution is 2.31. The molecule has 25 heavy (non-hydrogen) atoms. The fraction of sp³-hybridized carbons (Fsp3) is 0.105. The molecule has 1 aliphatic rings. The van der Waals surface area contributed by atoms with Gasteiger partial charge in [0.15, 0.2) is 0 Å². The molecule has 2 amide bonds. The van der Waals surface area contributed by atoms with Crippen molar-refractivity contribution in [1.82, 2.24) is 0 Å². The number of rotatable bonds is 4. The van der Waals surface area contributed by atoms with E-state index < -0.39 is 0 Å². The van der Waals surface area contributed by atoms with E-state index in [1.807, 2.05) is 30.3 Å². The number of benzene rings is 2. The van der Waals surface area contributed by atoms with E-state index in [2.05, 4.69) is 10.3 Å². The van der Waals surface area contributed by atoms with E-state index in [4.69, 9.17) is 5.73 Å². The van der Waals surface area contributed by atoms with E-state index in [1.54, 1.807) is 37.3 Å². The lowest BCUT2D eigenvalue weighted by Gasteiger charge is -2.20. The van der Waals surface area contributed by atoms with Crippen molar-refractivity contribution in [3.63, 3.8) is 0 Å². The number of amides is 2. The number of hydrogen-bond acceptors (Lipinski definition) is 4. The normalized spacial score (nSPS) is 15.4. The summed E-state index contributed by atoms with van der Waals surface area (Å²) in [5.74, 6) is -0.0221. The number of aliphatic imine (C=N–C) groups is 1. The molecule has 0 aromatic heterocycles. The van der Waals surface area contributed by atoms with Gasteiger partial charge in [0.25, 0.3) is 5.91 Å². The first-order valence-electron chi connectivity index (χ1n) is 7.85. The van der Waals surface area contributed by atoms with Crippen molar-refractivity contribution in [1.29, 1.82) is 0 Å². The molecule has 2 aromatic rings. The monoisotopic (exact) mass is 334 g/mol. The van der Waals surface area contributed by atoms with E-state index >= 15 is 0 Å². The average molecular weight is 334 g/mol. The highest BCUT2D eigenvalue weighted by Gasteiger charge is 2.30. The van der Waals surface area contributed by atoms with Gasteiger partial charge in [-0.1, -0.05) is 42.5 Å². The minimum absolute atomic E-state index is 0.130. The predicted molar refractivity (Wildman–Crippen MR) is 99.1 cm³/mol. The van der Waals surface area contributed by atoms with Crippen LogP contribution < -0.4 is 16.0 Å². The summed E-state index contributed by atoms with van der Waals surface area (Å²) in [7, 11) is 0. The summed E-state index contributed by atoms with van der Waals surface area (Å²) >= 11 is 0. The second kappa shape index (κ2) is 7.11. The highest BCUT2D eigenvalue weighted by atomic mass is 16.2. The molecule has 6 nitrogen and oxygen atoms in total. The maximum absolute atomic E-state index is 12.8. The van der Waals surface area contributed by atoms with E-state index in [9.17, 15) is 9.59 Å². The number of amidine groups is 1. The molecule has 0 saturated carbocycles. The number of nitrogens with one attached hydrogen (secondary N) is 1. The predicted octanol–water partition coefficient (Wildman–Crippen LogP) is 2.39. The summed E-state index contributed by atoms with van der Waals surface area (Å²) in [4.78, 5) is 30.3. The number of hydrogen-bond donors (Lipinski definition) is 2. The number of para-hydroxylation sites is 2. The van der Waals surface area contributed by atoms with Crippen LogP contribution in [0.4, 0.5) is 11.4 Å². The van der Waals surface area contributed by atoms with Crippen molar-refractivity contribution in [2.45, 2.75) is 6.92 Å². The molecule has 1 aliphatic heterocycles. The quantitative estimate of drug-likeness (QED) is 0.842. The van der Waals surface area contributed by atoms with Gasteiger partial charge in [0.1, 0.15) is 11.5 Å². The molecule has 1 heterocycles. The van der Waals surface area contributed by atoms with E-state index in [-0.39, 0.29) is 18.4 Å². The Hall–Kier alpha value is -3.25. The van der Waals surface area contributed by atoms with Crippen LogP contribution in [-0.4, -0.2) is 24.2 Å². The molecule has 126 valence electrons. The Morgan fingerprint density at radius 3 is 2.56 bits per heavy atom. The first kappa shape index (κ1) is 16.6.